The van der Waals surface area contributed by atoms with E-state index in [2.05, 4.69) is 131 Å². The van der Waals surface area contributed by atoms with Gasteiger partial charge in [-0.3, -0.25) is 29.0 Å². The zero-order valence-corrected chi connectivity index (χ0v) is 59.7. The number of aromatic nitrogens is 1. The standard InChI is InChI=1S/C55H97FN8O2.C21H30FNO2/c1-13-42(6)57-31-41(5)34-61-26-27-62(36-46(61)10)45(9)19-17-15-14-16-18-44(8)60(33-39(2)3)25-24-40(4)28-50-32-58-43(7)35-63(50)37-52(65)64-38-55(11,12)53-51(64)30-48(54(66)59-53)29-47-20-22-49(56)23-21-47;1-5-18(24)23-12-21(3,4)19-13(2)20(25)15(11-17(19)23)10-14-6-8-16(22)9-7-14/h30,39-43,46-47,49-50,57-58H,8-9,13-29,31-38H2,1-7,10-12H3,(H,59,66);11,13-14,16H,5-10,12H2,1-4H3/t40?,41?,42-,43-,46?,47?,49?,50?;/m1./s1. The minimum atomic E-state index is -0.719. The third kappa shape index (κ3) is 20.7. The van der Waals surface area contributed by atoms with E-state index in [0.717, 1.165) is 144 Å². The Balaban J connectivity index is 0.000000389. The van der Waals surface area contributed by atoms with Crippen LogP contribution in [0.15, 0.2) is 58.3 Å². The summed E-state index contributed by atoms with van der Waals surface area (Å²) in [5.41, 5.74) is 7.35. The number of amides is 2. The second kappa shape index (κ2) is 34.0. The Kier molecular flexibility index (Phi) is 27.7. The van der Waals surface area contributed by atoms with E-state index in [9.17, 15) is 28.0 Å². The van der Waals surface area contributed by atoms with Crippen molar-refractivity contribution in [1.29, 1.82) is 0 Å². The molecule has 7 atom stereocenters. The van der Waals surface area contributed by atoms with Crippen molar-refractivity contribution in [2.45, 2.75) is 267 Å². The molecule has 13 nitrogen and oxygen atoms in total. The van der Waals surface area contributed by atoms with Crippen LogP contribution in [0.25, 0.3) is 0 Å². The molecule has 514 valence electrons. The van der Waals surface area contributed by atoms with E-state index >= 15 is 0 Å². The molecule has 7 aliphatic rings. The van der Waals surface area contributed by atoms with Gasteiger partial charge in [0.15, 0.2) is 5.78 Å². The maximum atomic E-state index is 14.3. The zero-order chi connectivity index (χ0) is 66.5. The number of nitrogens with one attached hydrogen (secondary N) is 3. The molecule has 91 heavy (non-hydrogen) atoms. The lowest BCUT2D eigenvalue weighted by Gasteiger charge is -2.42. The van der Waals surface area contributed by atoms with Gasteiger partial charge < -0.3 is 35.2 Å². The SMILES string of the molecule is C=C(CCCCCCC(=C)N1CCN(CC(C)CN[C@H](C)CC)C(C)C1)N(CCC(C)CC1CN[C@H](C)CN1CC(=O)N1CC(C)(C)c2[nH]c(=O)c(CC3CCC(F)CC3)cc21)CC(C)C.CCC(=O)N1CC(C)(C)C2=C1C=C(CC1CCC(F)CC1)C(=O)C2C. The van der Waals surface area contributed by atoms with Gasteiger partial charge >= 0.3 is 0 Å². The van der Waals surface area contributed by atoms with Crippen molar-refractivity contribution < 1.29 is 23.2 Å². The van der Waals surface area contributed by atoms with Gasteiger partial charge in [0.1, 0.15) is 12.3 Å². The molecule has 2 amide bonds. The van der Waals surface area contributed by atoms with Gasteiger partial charge in [-0.05, 0) is 189 Å². The van der Waals surface area contributed by atoms with E-state index in [-0.39, 0.29) is 45.9 Å². The smallest absolute Gasteiger partial charge is 0.251 e. The average Bonchev–Trinajstić information content (AvgIpc) is 1.62. The van der Waals surface area contributed by atoms with Crippen LogP contribution >= 0.6 is 0 Å². The van der Waals surface area contributed by atoms with Gasteiger partial charge in [-0.25, -0.2) is 8.78 Å². The third-order valence-corrected chi connectivity index (χ3v) is 21.9. The molecule has 5 heterocycles. The number of nitrogens with zero attached hydrogens (tertiary/aromatic N) is 6. The van der Waals surface area contributed by atoms with Crippen molar-refractivity contribution >= 4 is 23.3 Å². The molecule has 1 aromatic heterocycles. The summed E-state index contributed by atoms with van der Waals surface area (Å²) in [6.45, 7) is 50.9. The number of alkyl halides is 2. The molecule has 8 rings (SSSR count). The van der Waals surface area contributed by atoms with Crippen LogP contribution in [0.1, 0.15) is 230 Å². The highest BCUT2D eigenvalue weighted by molar-refractivity contribution is 6.02. The van der Waals surface area contributed by atoms with Crippen molar-refractivity contribution in [2.24, 2.45) is 40.9 Å². The largest absolute Gasteiger partial charge is 0.375 e. The Morgan fingerprint density at radius 2 is 1.42 bits per heavy atom. The number of pyridine rings is 1. The molecule has 3 aliphatic carbocycles. The van der Waals surface area contributed by atoms with E-state index in [1.54, 1.807) is 0 Å². The Labute approximate surface area is 550 Å². The number of Topliss-reactive ketones (excluding diaryl/α,β-unsaturated/α-hetero) is 1. The highest BCUT2D eigenvalue weighted by Crippen LogP contribution is 2.48. The lowest BCUT2D eigenvalue weighted by Crippen LogP contribution is -2.58. The van der Waals surface area contributed by atoms with Gasteiger partial charge in [0.05, 0.1) is 12.2 Å². The maximum Gasteiger partial charge on any atom is 0.251 e. The summed E-state index contributed by atoms with van der Waals surface area (Å²) in [6.07, 6.45) is 18.5. The molecular formula is C76H127F2N9O4. The Morgan fingerprint density at radius 3 is 2.04 bits per heavy atom. The second-order valence-electron chi connectivity index (χ2n) is 31.7. The average molecular weight is 1270 g/mol. The van der Waals surface area contributed by atoms with Crippen molar-refractivity contribution in [2.75, 3.05) is 83.4 Å². The number of unbranched alkanes of at least 4 members (excludes halogenated alkanes) is 3. The van der Waals surface area contributed by atoms with Gasteiger partial charge in [-0.1, -0.05) is 102 Å². The summed E-state index contributed by atoms with van der Waals surface area (Å²) in [6, 6.07) is 3.72. The van der Waals surface area contributed by atoms with Crippen molar-refractivity contribution in [3.05, 3.63) is 75.1 Å². The fourth-order valence-corrected chi connectivity index (χ4v) is 16.1. The number of anilines is 1. The summed E-state index contributed by atoms with van der Waals surface area (Å²) < 4.78 is 27.3. The molecule has 2 saturated carbocycles. The lowest BCUT2D eigenvalue weighted by molar-refractivity contribution is -0.129. The van der Waals surface area contributed by atoms with Crippen molar-refractivity contribution in [1.82, 2.24) is 40.1 Å². The Bertz CT molecular complexity index is 2700. The molecular weight excluding hydrogens is 1140 g/mol. The van der Waals surface area contributed by atoms with Crippen molar-refractivity contribution in [3.63, 3.8) is 0 Å². The first-order valence-electron chi connectivity index (χ1n) is 36.5. The van der Waals surface area contributed by atoms with E-state index < -0.39 is 12.3 Å². The molecule has 1 aromatic rings. The fourth-order valence-electron chi connectivity index (χ4n) is 16.1. The summed E-state index contributed by atoms with van der Waals surface area (Å²) in [5, 5.41) is 7.40. The molecule has 5 unspecified atom stereocenters. The van der Waals surface area contributed by atoms with Crippen LogP contribution < -0.4 is 21.1 Å². The topological polar surface area (TPSA) is 128 Å². The van der Waals surface area contributed by atoms with E-state index in [1.807, 2.05) is 35.8 Å². The molecule has 0 spiro atoms. The number of hydrogen-bond acceptors (Lipinski definition) is 10. The van der Waals surface area contributed by atoms with Crippen LogP contribution in [0.5, 0.6) is 0 Å². The zero-order valence-electron chi connectivity index (χ0n) is 59.7. The molecule has 0 aromatic carbocycles. The van der Waals surface area contributed by atoms with Gasteiger partial charge in [-0.15, -0.1) is 0 Å². The fraction of sp³-hybridized carbons (Fsp3) is 0.789. The van der Waals surface area contributed by atoms with Gasteiger partial charge in [0.2, 0.25) is 11.8 Å². The van der Waals surface area contributed by atoms with E-state index in [4.69, 9.17) is 0 Å². The lowest BCUT2D eigenvalue weighted by atomic mass is 9.72. The predicted octanol–water partition coefficient (Wildman–Crippen LogP) is 14.1. The highest BCUT2D eigenvalue weighted by atomic mass is 19.1. The first kappa shape index (κ1) is 74.2. The Hall–Kier alpha value is -4.18. The molecule has 0 radical (unpaired) electrons. The number of ketones is 1. The van der Waals surface area contributed by atoms with Crippen LogP contribution in [0.3, 0.4) is 0 Å². The highest BCUT2D eigenvalue weighted by Gasteiger charge is 2.46. The summed E-state index contributed by atoms with van der Waals surface area (Å²) in [4.78, 5) is 70.2. The molecule has 4 fully saturated rings. The van der Waals surface area contributed by atoms with Crippen LogP contribution in [0.4, 0.5) is 14.5 Å². The Morgan fingerprint density at radius 1 is 0.780 bits per heavy atom. The first-order valence-corrected chi connectivity index (χ1v) is 36.5. The quantitative estimate of drug-likeness (QED) is 0.0667. The number of fused-ring (bicyclic) bond motifs is 1. The van der Waals surface area contributed by atoms with Crippen LogP contribution in [-0.4, -0.2) is 162 Å². The third-order valence-electron chi connectivity index (χ3n) is 21.9. The normalized spacial score (nSPS) is 27.0. The summed E-state index contributed by atoms with van der Waals surface area (Å²) in [5.74, 6) is 2.67. The molecule has 15 heteroatoms. The van der Waals surface area contributed by atoms with E-state index in [1.165, 1.54) is 50.0 Å². The maximum absolute atomic E-state index is 14.3. The van der Waals surface area contributed by atoms with Gasteiger partial charge in [-0.2, -0.15) is 0 Å². The number of H-pyrrole nitrogens is 1. The summed E-state index contributed by atoms with van der Waals surface area (Å²) >= 11 is 0. The summed E-state index contributed by atoms with van der Waals surface area (Å²) in [7, 11) is 0. The number of aromatic amines is 1. The number of hydrogen-bond donors (Lipinski definition) is 3. The van der Waals surface area contributed by atoms with Gasteiger partial charge in [0, 0.05) is 141 Å². The number of allylic oxidation sites excluding steroid dienone is 4. The van der Waals surface area contributed by atoms with Gasteiger partial charge in [0.25, 0.3) is 5.56 Å². The number of rotatable bonds is 29. The number of piperazine rings is 2. The monoisotopic (exact) mass is 1270 g/mol. The molecule has 0 bridgehead atoms. The number of halogens is 2. The molecule has 4 aliphatic heterocycles. The van der Waals surface area contributed by atoms with Crippen LogP contribution in [-0.2, 0) is 26.2 Å². The number of carbonyl (C=O) groups is 3. The molecule has 2 saturated heterocycles. The second-order valence-corrected chi connectivity index (χ2v) is 31.7. The van der Waals surface area contributed by atoms with Crippen molar-refractivity contribution in [3.8, 4) is 0 Å². The minimum absolute atomic E-state index is 0.0619. The van der Waals surface area contributed by atoms with Crippen LogP contribution in [0.2, 0.25) is 0 Å². The number of carbonyl (C=O) groups excluding carboxylic acids is 3. The van der Waals surface area contributed by atoms with E-state index in [0.29, 0.717) is 106 Å². The minimum Gasteiger partial charge on any atom is -0.375 e. The van der Waals surface area contributed by atoms with Crippen LogP contribution in [0, 0.1) is 40.9 Å². The molecule has 3 N–H and O–H groups in total. The first-order chi connectivity index (χ1) is 43.1. The predicted molar refractivity (Wildman–Crippen MR) is 373 cm³/mol.